The molecule has 1 saturated heterocycles. The summed E-state index contributed by atoms with van der Waals surface area (Å²) in [7, 11) is 0. The highest BCUT2D eigenvalue weighted by Crippen LogP contribution is 2.38. The van der Waals surface area contributed by atoms with Crippen molar-refractivity contribution in [1.82, 2.24) is 4.90 Å². The van der Waals surface area contributed by atoms with Gasteiger partial charge in [-0.3, -0.25) is 14.5 Å². The topological polar surface area (TPSA) is 65.1 Å². The Kier molecular flexibility index (Phi) is 8.89. The van der Waals surface area contributed by atoms with E-state index in [2.05, 4.69) is 15.9 Å². The number of aryl methyl sites for hydroxylation is 1. The summed E-state index contributed by atoms with van der Waals surface area (Å²) in [6.07, 6.45) is 1.65. The molecule has 0 saturated carbocycles. The second kappa shape index (κ2) is 12.3. The van der Waals surface area contributed by atoms with Gasteiger partial charge in [0.15, 0.2) is 11.5 Å². The van der Waals surface area contributed by atoms with Crippen LogP contribution in [-0.2, 0) is 11.4 Å². The van der Waals surface area contributed by atoms with Crippen LogP contribution in [0.4, 0.5) is 9.18 Å². The molecule has 3 aromatic carbocycles. The summed E-state index contributed by atoms with van der Waals surface area (Å²) < 4.78 is 31.1. The lowest BCUT2D eigenvalue weighted by atomic mass is 10.1. The summed E-state index contributed by atoms with van der Waals surface area (Å²) in [5.41, 5.74) is 2.89. The fourth-order valence-corrected chi connectivity index (χ4v) is 4.80. The Morgan fingerprint density at radius 3 is 2.38 bits per heavy atom. The molecule has 0 unspecified atom stereocenters. The van der Waals surface area contributed by atoms with Gasteiger partial charge >= 0.3 is 0 Å². The smallest absolute Gasteiger partial charge is 0.293 e. The number of carbonyl (C=O) groups excluding carboxylic acids is 2. The standard InChI is InChI=1S/C28H25BrFNO5S/c1-3-34-24-14-20(23(29)16-25(24)36-17-19-6-4-18(2)5-7-19)15-26-27(32)31(28(33)37-26)12-13-35-22-10-8-21(30)9-11-22/h4-11,14-16H,3,12-13,17H2,1-2H3/b26-15-. The molecule has 3 aromatic rings. The van der Waals surface area contributed by atoms with Gasteiger partial charge < -0.3 is 14.2 Å². The largest absolute Gasteiger partial charge is 0.492 e. The lowest BCUT2D eigenvalue weighted by Crippen LogP contribution is -2.32. The van der Waals surface area contributed by atoms with Gasteiger partial charge in [-0.25, -0.2) is 4.39 Å². The number of amides is 2. The van der Waals surface area contributed by atoms with Gasteiger partial charge in [-0.15, -0.1) is 0 Å². The number of benzene rings is 3. The number of ether oxygens (including phenoxy) is 3. The third-order valence-electron chi connectivity index (χ3n) is 5.44. The molecule has 1 heterocycles. The normalized spacial score (nSPS) is 14.4. The van der Waals surface area contributed by atoms with Crippen LogP contribution in [0.3, 0.4) is 0 Å². The average Bonchev–Trinajstić information content (AvgIpc) is 3.14. The summed E-state index contributed by atoms with van der Waals surface area (Å²) in [5.74, 6) is 0.796. The van der Waals surface area contributed by atoms with Crippen molar-refractivity contribution in [3.63, 3.8) is 0 Å². The Morgan fingerprint density at radius 1 is 0.973 bits per heavy atom. The molecular weight excluding hydrogens is 561 g/mol. The van der Waals surface area contributed by atoms with Gasteiger partial charge in [0, 0.05) is 4.47 Å². The zero-order valence-electron chi connectivity index (χ0n) is 20.3. The van der Waals surface area contributed by atoms with Crippen molar-refractivity contribution in [3.8, 4) is 17.2 Å². The van der Waals surface area contributed by atoms with E-state index in [9.17, 15) is 14.0 Å². The Balaban J connectivity index is 1.45. The summed E-state index contributed by atoms with van der Waals surface area (Å²) >= 11 is 4.42. The molecule has 0 atom stereocenters. The Hall–Kier alpha value is -3.30. The lowest BCUT2D eigenvalue weighted by Gasteiger charge is -2.15. The third kappa shape index (κ3) is 6.93. The van der Waals surface area contributed by atoms with E-state index in [0.29, 0.717) is 45.4 Å². The van der Waals surface area contributed by atoms with E-state index in [4.69, 9.17) is 14.2 Å². The van der Waals surface area contributed by atoms with Gasteiger partial charge in [0.25, 0.3) is 11.1 Å². The predicted molar refractivity (Wildman–Crippen MR) is 145 cm³/mol. The molecule has 1 fully saturated rings. The molecule has 4 rings (SSSR count). The van der Waals surface area contributed by atoms with Crippen molar-refractivity contribution in [3.05, 3.63) is 92.5 Å². The van der Waals surface area contributed by atoms with Crippen molar-refractivity contribution < 1.29 is 28.2 Å². The minimum Gasteiger partial charge on any atom is -0.492 e. The fraction of sp³-hybridized carbons (Fsp3) is 0.214. The fourth-order valence-electron chi connectivity index (χ4n) is 3.51. The minimum atomic E-state index is -0.401. The molecule has 1 aliphatic rings. The first-order valence-corrected chi connectivity index (χ1v) is 13.2. The maximum absolute atomic E-state index is 13.0. The highest BCUT2D eigenvalue weighted by molar-refractivity contribution is 9.10. The molecule has 37 heavy (non-hydrogen) atoms. The van der Waals surface area contributed by atoms with E-state index in [1.165, 1.54) is 29.8 Å². The van der Waals surface area contributed by atoms with Gasteiger partial charge in [-0.05, 0) is 79.2 Å². The van der Waals surface area contributed by atoms with E-state index in [0.717, 1.165) is 22.2 Å². The molecule has 6 nitrogen and oxygen atoms in total. The van der Waals surface area contributed by atoms with Crippen LogP contribution in [0, 0.1) is 12.7 Å². The van der Waals surface area contributed by atoms with Gasteiger partial charge in [-0.1, -0.05) is 45.8 Å². The van der Waals surface area contributed by atoms with Gasteiger partial charge in [0.1, 0.15) is 24.8 Å². The van der Waals surface area contributed by atoms with Crippen molar-refractivity contribution in [2.45, 2.75) is 20.5 Å². The van der Waals surface area contributed by atoms with Crippen LogP contribution in [0.5, 0.6) is 17.2 Å². The molecule has 1 aliphatic heterocycles. The van der Waals surface area contributed by atoms with Crippen molar-refractivity contribution >= 4 is 44.9 Å². The second-order valence-corrected chi connectivity index (χ2v) is 10.0. The molecule has 0 spiro atoms. The Bertz CT molecular complexity index is 1310. The summed E-state index contributed by atoms with van der Waals surface area (Å²) in [6.45, 7) is 4.91. The molecule has 0 aliphatic carbocycles. The molecule has 0 bridgehead atoms. The van der Waals surface area contributed by atoms with Crippen LogP contribution in [-0.4, -0.2) is 35.8 Å². The molecular formula is C28H25BrFNO5S. The molecule has 0 radical (unpaired) electrons. The Morgan fingerprint density at radius 2 is 1.68 bits per heavy atom. The second-order valence-electron chi connectivity index (χ2n) is 8.16. The van der Waals surface area contributed by atoms with Crippen LogP contribution in [0.25, 0.3) is 6.08 Å². The molecule has 2 amide bonds. The van der Waals surface area contributed by atoms with Gasteiger partial charge in [0.05, 0.1) is 18.1 Å². The molecule has 192 valence electrons. The molecule has 0 N–H and O–H groups in total. The van der Waals surface area contributed by atoms with E-state index in [1.54, 1.807) is 18.2 Å². The highest BCUT2D eigenvalue weighted by Gasteiger charge is 2.35. The predicted octanol–water partition coefficient (Wildman–Crippen LogP) is 6.99. The van der Waals surface area contributed by atoms with Crippen LogP contribution >= 0.6 is 27.7 Å². The van der Waals surface area contributed by atoms with E-state index in [1.807, 2.05) is 38.1 Å². The minimum absolute atomic E-state index is 0.0799. The highest BCUT2D eigenvalue weighted by atomic mass is 79.9. The number of imide groups is 1. The summed E-state index contributed by atoms with van der Waals surface area (Å²) in [4.78, 5) is 26.8. The summed E-state index contributed by atoms with van der Waals surface area (Å²) in [5, 5.41) is -0.377. The quantitative estimate of drug-likeness (QED) is 0.239. The Labute approximate surface area is 227 Å². The van der Waals surface area contributed by atoms with Gasteiger partial charge in [0.2, 0.25) is 0 Å². The number of halogens is 2. The van der Waals surface area contributed by atoms with Crippen LogP contribution in [0.15, 0.2) is 70.0 Å². The van der Waals surface area contributed by atoms with Crippen molar-refractivity contribution in [1.29, 1.82) is 0 Å². The van der Waals surface area contributed by atoms with Crippen LogP contribution in [0.1, 0.15) is 23.6 Å². The SMILES string of the molecule is CCOc1cc(/C=C2\SC(=O)N(CCOc3ccc(F)cc3)C2=O)c(Br)cc1OCc1ccc(C)cc1. The summed E-state index contributed by atoms with van der Waals surface area (Å²) in [6, 6.07) is 17.2. The van der Waals surface area contributed by atoms with E-state index < -0.39 is 5.91 Å². The number of thioether (sulfide) groups is 1. The number of rotatable bonds is 10. The van der Waals surface area contributed by atoms with Crippen LogP contribution < -0.4 is 14.2 Å². The third-order valence-corrected chi connectivity index (χ3v) is 7.03. The molecule has 0 aromatic heterocycles. The van der Waals surface area contributed by atoms with Gasteiger partial charge in [-0.2, -0.15) is 0 Å². The first kappa shape index (κ1) is 26.8. The molecule has 9 heteroatoms. The number of hydrogen-bond acceptors (Lipinski definition) is 6. The number of hydrogen-bond donors (Lipinski definition) is 0. The van der Waals surface area contributed by atoms with E-state index >= 15 is 0 Å². The zero-order chi connectivity index (χ0) is 26.4. The first-order valence-electron chi connectivity index (χ1n) is 11.6. The zero-order valence-corrected chi connectivity index (χ0v) is 22.7. The maximum Gasteiger partial charge on any atom is 0.293 e. The lowest BCUT2D eigenvalue weighted by molar-refractivity contribution is -0.123. The first-order chi connectivity index (χ1) is 17.8. The number of carbonyl (C=O) groups is 2. The number of nitrogens with zero attached hydrogens (tertiary/aromatic N) is 1. The van der Waals surface area contributed by atoms with Crippen molar-refractivity contribution in [2.24, 2.45) is 0 Å². The monoisotopic (exact) mass is 585 g/mol. The van der Waals surface area contributed by atoms with Crippen molar-refractivity contribution in [2.75, 3.05) is 19.8 Å². The van der Waals surface area contributed by atoms with Crippen LogP contribution in [0.2, 0.25) is 0 Å². The van der Waals surface area contributed by atoms with E-state index in [-0.39, 0.29) is 24.2 Å². The maximum atomic E-state index is 13.0. The average molecular weight is 586 g/mol.